The number of aliphatic hydroxyl groups excluding tert-OH is 1. The highest BCUT2D eigenvalue weighted by Crippen LogP contribution is 2.22. The Morgan fingerprint density at radius 1 is 1.69 bits per heavy atom. The fourth-order valence-corrected chi connectivity index (χ4v) is 1.89. The number of rotatable bonds is 2. The molecule has 1 aromatic heterocycles. The van der Waals surface area contributed by atoms with Crippen molar-refractivity contribution >= 4 is 0 Å². The first kappa shape index (κ1) is 8.75. The van der Waals surface area contributed by atoms with Crippen LogP contribution in [0.4, 0.5) is 0 Å². The maximum Gasteiger partial charge on any atom is 0.131 e. The summed E-state index contributed by atoms with van der Waals surface area (Å²) in [6.07, 6.45) is 6.75. The Balaban J connectivity index is 2.25. The highest BCUT2D eigenvalue weighted by atomic mass is 16.3. The van der Waals surface area contributed by atoms with Crippen molar-refractivity contribution in [2.45, 2.75) is 45.3 Å². The lowest BCUT2D eigenvalue weighted by molar-refractivity contribution is 0.0780. The second-order valence-corrected chi connectivity index (χ2v) is 3.68. The molecule has 0 saturated heterocycles. The van der Waals surface area contributed by atoms with Gasteiger partial charge in [0.1, 0.15) is 12.1 Å². The van der Waals surface area contributed by atoms with Gasteiger partial charge in [0, 0.05) is 12.6 Å². The molecule has 0 spiro atoms. The quantitative estimate of drug-likeness (QED) is 0.751. The predicted octanol–water partition coefficient (Wildman–Crippen LogP) is 1.66. The van der Waals surface area contributed by atoms with Gasteiger partial charge in [-0.1, -0.05) is 13.3 Å². The van der Waals surface area contributed by atoms with E-state index < -0.39 is 0 Å². The van der Waals surface area contributed by atoms with Gasteiger partial charge in [0.25, 0.3) is 0 Å². The number of aliphatic hydroxyl groups is 1. The van der Waals surface area contributed by atoms with E-state index in [2.05, 4.69) is 11.9 Å². The molecule has 0 aliphatic carbocycles. The number of aromatic nitrogens is 2. The van der Waals surface area contributed by atoms with Crippen LogP contribution in [0.15, 0.2) is 6.20 Å². The fourth-order valence-electron chi connectivity index (χ4n) is 1.89. The average Bonchev–Trinajstić information content (AvgIpc) is 2.49. The molecule has 3 heteroatoms. The minimum atomic E-state index is -0.332. The van der Waals surface area contributed by atoms with Crippen molar-refractivity contribution < 1.29 is 5.11 Å². The highest BCUT2D eigenvalue weighted by molar-refractivity contribution is 5.07. The molecule has 0 bridgehead atoms. The van der Waals surface area contributed by atoms with Gasteiger partial charge in [-0.05, 0) is 19.3 Å². The lowest BCUT2D eigenvalue weighted by Crippen LogP contribution is -2.16. The third kappa shape index (κ3) is 1.61. The minimum absolute atomic E-state index is 0.332. The van der Waals surface area contributed by atoms with Gasteiger partial charge in [0.05, 0.1) is 5.69 Å². The molecule has 1 aliphatic heterocycles. The van der Waals surface area contributed by atoms with Crippen molar-refractivity contribution in [2.24, 2.45) is 0 Å². The third-order valence-corrected chi connectivity index (χ3v) is 2.55. The lowest BCUT2D eigenvalue weighted by atomic mass is 10.1. The van der Waals surface area contributed by atoms with Gasteiger partial charge >= 0.3 is 0 Å². The average molecular weight is 180 g/mol. The summed E-state index contributed by atoms with van der Waals surface area (Å²) in [6.45, 7) is 2.15. The van der Waals surface area contributed by atoms with Crippen LogP contribution in [0.3, 0.4) is 0 Å². The molecule has 2 rings (SSSR count). The van der Waals surface area contributed by atoms with Gasteiger partial charge in [-0.15, -0.1) is 0 Å². The normalized spacial score (nSPS) is 21.5. The van der Waals surface area contributed by atoms with E-state index in [-0.39, 0.29) is 6.23 Å². The first-order valence-corrected chi connectivity index (χ1v) is 5.06. The second-order valence-electron chi connectivity index (χ2n) is 3.68. The van der Waals surface area contributed by atoms with Crippen LogP contribution >= 0.6 is 0 Å². The molecule has 1 atom stereocenters. The summed E-state index contributed by atoms with van der Waals surface area (Å²) in [5.41, 5.74) is 1.12. The molecular weight excluding hydrogens is 164 g/mol. The molecule has 1 aromatic rings. The van der Waals surface area contributed by atoms with Crippen molar-refractivity contribution in [1.29, 1.82) is 0 Å². The Hall–Kier alpha value is -0.830. The zero-order valence-electron chi connectivity index (χ0n) is 8.03. The Kier molecular flexibility index (Phi) is 2.36. The summed E-state index contributed by atoms with van der Waals surface area (Å²) in [4.78, 5) is 4.49. The van der Waals surface area contributed by atoms with E-state index in [1.165, 1.54) is 0 Å². The van der Waals surface area contributed by atoms with Crippen LogP contribution in [-0.2, 0) is 12.8 Å². The van der Waals surface area contributed by atoms with E-state index in [1.807, 2.05) is 10.8 Å². The summed E-state index contributed by atoms with van der Waals surface area (Å²) < 4.78 is 1.93. The molecule has 0 aromatic carbocycles. The predicted molar refractivity (Wildman–Crippen MR) is 50.4 cm³/mol. The molecule has 2 heterocycles. The van der Waals surface area contributed by atoms with E-state index >= 15 is 0 Å². The topological polar surface area (TPSA) is 38.0 Å². The molecule has 0 saturated carbocycles. The number of imidazole rings is 1. The maximum absolute atomic E-state index is 9.67. The van der Waals surface area contributed by atoms with Crippen LogP contribution in [-0.4, -0.2) is 14.7 Å². The van der Waals surface area contributed by atoms with Gasteiger partial charge in [-0.3, -0.25) is 0 Å². The zero-order valence-corrected chi connectivity index (χ0v) is 8.03. The first-order chi connectivity index (χ1) is 6.31. The van der Waals surface area contributed by atoms with Crippen molar-refractivity contribution in [3.05, 3.63) is 17.7 Å². The summed E-state index contributed by atoms with van der Waals surface area (Å²) in [7, 11) is 0. The molecule has 13 heavy (non-hydrogen) atoms. The summed E-state index contributed by atoms with van der Waals surface area (Å²) in [5, 5.41) is 9.67. The number of hydrogen-bond acceptors (Lipinski definition) is 2. The van der Waals surface area contributed by atoms with Crippen LogP contribution in [0.1, 0.15) is 43.9 Å². The molecule has 1 unspecified atom stereocenters. The SMILES string of the molecule is CCCc1cn2c(n1)CCCC2O. The van der Waals surface area contributed by atoms with Gasteiger partial charge in [0.15, 0.2) is 0 Å². The van der Waals surface area contributed by atoms with E-state index in [9.17, 15) is 5.11 Å². The van der Waals surface area contributed by atoms with Crippen molar-refractivity contribution in [3.8, 4) is 0 Å². The van der Waals surface area contributed by atoms with Crippen LogP contribution in [0, 0.1) is 0 Å². The van der Waals surface area contributed by atoms with Crippen LogP contribution in [0.25, 0.3) is 0 Å². The Labute approximate surface area is 78.4 Å². The minimum Gasteiger partial charge on any atom is -0.373 e. The van der Waals surface area contributed by atoms with E-state index in [0.29, 0.717) is 0 Å². The zero-order chi connectivity index (χ0) is 9.26. The number of fused-ring (bicyclic) bond motifs is 1. The summed E-state index contributed by atoms with van der Waals surface area (Å²) in [6, 6.07) is 0. The molecule has 0 radical (unpaired) electrons. The molecule has 3 nitrogen and oxygen atoms in total. The van der Waals surface area contributed by atoms with Crippen molar-refractivity contribution in [1.82, 2.24) is 9.55 Å². The van der Waals surface area contributed by atoms with Gasteiger partial charge in [-0.25, -0.2) is 4.98 Å². The monoisotopic (exact) mass is 180 g/mol. The number of hydrogen-bond donors (Lipinski definition) is 1. The van der Waals surface area contributed by atoms with E-state index in [1.54, 1.807) is 0 Å². The van der Waals surface area contributed by atoms with Gasteiger partial charge < -0.3 is 9.67 Å². The van der Waals surface area contributed by atoms with E-state index in [0.717, 1.165) is 43.6 Å². The molecular formula is C10H16N2O. The maximum atomic E-state index is 9.67. The molecule has 0 amide bonds. The van der Waals surface area contributed by atoms with Gasteiger partial charge in [-0.2, -0.15) is 0 Å². The Morgan fingerprint density at radius 3 is 3.23 bits per heavy atom. The standard InChI is InChI=1S/C10H16N2O/c1-2-4-8-7-12-9(11-8)5-3-6-10(12)13/h7,10,13H,2-6H2,1H3. The van der Waals surface area contributed by atoms with Crippen molar-refractivity contribution in [3.63, 3.8) is 0 Å². The van der Waals surface area contributed by atoms with Crippen LogP contribution in [0.2, 0.25) is 0 Å². The van der Waals surface area contributed by atoms with E-state index in [4.69, 9.17) is 0 Å². The molecule has 0 fully saturated rings. The van der Waals surface area contributed by atoms with Crippen LogP contribution in [0.5, 0.6) is 0 Å². The fraction of sp³-hybridized carbons (Fsp3) is 0.700. The van der Waals surface area contributed by atoms with Crippen molar-refractivity contribution in [2.75, 3.05) is 0 Å². The number of nitrogens with zero attached hydrogens (tertiary/aromatic N) is 2. The smallest absolute Gasteiger partial charge is 0.131 e. The van der Waals surface area contributed by atoms with Gasteiger partial charge in [0.2, 0.25) is 0 Å². The summed E-state index contributed by atoms with van der Waals surface area (Å²) >= 11 is 0. The Bertz CT molecular complexity index is 293. The highest BCUT2D eigenvalue weighted by Gasteiger charge is 2.18. The third-order valence-electron chi connectivity index (χ3n) is 2.55. The van der Waals surface area contributed by atoms with Crippen LogP contribution < -0.4 is 0 Å². The molecule has 1 N–H and O–H groups in total. The first-order valence-electron chi connectivity index (χ1n) is 5.06. The second kappa shape index (κ2) is 3.50. The largest absolute Gasteiger partial charge is 0.373 e. The lowest BCUT2D eigenvalue weighted by Gasteiger charge is -2.19. The molecule has 1 aliphatic rings. The molecule has 72 valence electrons. The summed E-state index contributed by atoms with van der Waals surface area (Å²) in [5.74, 6) is 1.06. The Morgan fingerprint density at radius 2 is 2.54 bits per heavy atom. The number of aryl methyl sites for hydroxylation is 2.